The standard InChI is InChI=1S/C15H26O2/c1-5-10-14(4,6-2)13(16)17-15(7-3)11-8-9-12-15/h7H,3,5-6,8-12H2,1-2,4H3. The zero-order valence-corrected chi connectivity index (χ0v) is 11.6. The molecule has 0 radical (unpaired) electrons. The van der Waals surface area contributed by atoms with Crippen LogP contribution in [0.4, 0.5) is 0 Å². The Morgan fingerprint density at radius 2 is 2.00 bits per heavy atom. The predicted octanol–water partition coefficient (Wildman–Crippen LogP) is 4.24. The van der Waals surface area contributed by atoms with Crippen LogP contribution in [0.25, 0.3) is 0 Å². The first-order chi connectivity index (χ1) is 8.02. The van der Waals surface area contributed by atoms with Gasteiger partial charge in [0.1, 0.15) is 5.60 Å². The molecule has 2 heteroatoms. The highest BCUT2D eigenvalue weighted by atomic mass is 16.6. The summed E-state index contributed by atoms with van der Waals surface area (Å²) in [4.78, 5) is 12.3. The SMILES string of the molecule is C=CC1(OC(=O)C(C)(CC)CCC)CCCC1. The molecule has 1 aliphatic carbocycles. The van der Waals surface area contributed by atoms with Gasteiger partial charge in [-0.2, -0.15) is 0 Å². The molecular formula is C15H26O2. The molecule has 1 aliphatic rings. The molecule has 2 nitrogen and oxygen atoms in total. The van der Waals surface area contributed by atoms with E-state index in [4.69, 9.17) is 4.74 Å². The molecule has 0 N–H and O–H groups in total. The van der Waals surface area contributed by atoms with Gasteiger partial charge in [0.2, 0.25) is 0 Å². The highest BCUT2D eigenvalue weighted by Crippen LogP contribution is 2.38. The molecule has 1 unspecified atom stereocenters. The first-order valence-corrected chi connectivity index (χ1v) is 6.89. The summed E-state index contributed by atoms with van der Waals surface area (Å²) in [6, 6.07) is 0. The smallest absolute Gasteiger partial charge is 0.312 e. The molecule has 17 heavy (non-hydrogen) atoms. The summed E-state index contributed by atoms with van der Waals surface area (Å²) in [6.45, 7) is 10.0. The Kier molecular flexibility index (Phi) is 4.79. The van der Waals surface area contributed by atoms with Crippen LogP contribution in [0.1, 0.15) is 65.7 Å². The first kappa shape index (κ1) is 14.3. The fourth-order valence-corrected chi connectivity index (χ4v) is 2.60. The molecule has 0 amide bonds. The summed E-state index contributed by atoms with van der Waals surface area (Å²) in [6.07, 6.45) is 8.73. The highest BCUT2D eigenvalue weighted by molar-refractivity contribution is 5.77. The summed E-state index contributed by atoms with van der Waals surface area (Å²) in [7, 11) is 0. The van der Waals surface area contributed by atoms with E-state index in [-0.39, 0.29) is 17.0 Å². The quantitative estimate of drug-likeness (QED) is 0.511. The molecule has 1 rings (SSSR count). The van der Waals surface area contributed by atoms with Crippen LogP contribution in [0.3, 0.4) is 0 Å². The summed E-state index contributed by atoms with van der Waals surface area (Å²) in [5.74, 6) is -0.0383. The molecule has 0 heterocycles. The second-order valence-electron chi connectivity index (χ2n) is 5.53. The second kappa shape index (κ2) is 5.70. The Balaban J connectivity index is 2.72. The zero-order chi connectivity index (χ0) is 12.9. The van der Waals surface area contributed by atoms with Gasteiger partial charge in [0.25, 0.3) is 0 Å². The number of ether oxygens (including phenoxy) is 1. The molecule has 1 saturated carbocycles. The van der Waals surface area contributed by atoms with Gasteiger partial charge in [-0.15, -0.1) is 0 Å². The van der Waals surface area contributed by atoms with E-state index < -0.39 is 0 Å². The lowest BCUT2D eigenvalue weighted by Gasteiger charge is -2.32. The molecule has 0 spiro atoms. The Bertz CT molecular complexity index is 277. The topological polar surface area (TPSA) is 26.3 Å². The van der Waals surface area contributed by atoms with Gasteiger partial charge in [-0.3, -0.25) is 4.79 Å². The number of esters is 1. The van der Waals surface area contributed by atoms with Crippen LogP contribution in [-0.2, 0) is 9.53 Å². The number of carbonyl (C=O) groups is 1. The van der Waals surface area contributed by atoms with Crippen molar-refractivity contribution in [2.45, 2.75) is 71.3 Å². The third-order valence-corrected chi connectivity index (χ3v) is 4.19. The minimum atomic E-state index is -0.374. The van der Waals surface area contributed by atoms with Gasteiger partial charge in [0, 0.05) is 0 Å². The van der Waals surface area contributed by atoms with Crippen molar-refractivity contribution in [3.05, 3.63) is 12.7 Å². The monoisotopic (exact) mass is 238 g/mol. The van der Waals surface area contributed by atoms with Crippen molar-refractivity contribution in [1.29, 1.82) is 0 Å². The van der Waals surface area contributed by atoms with E-state index >= 15 is 0 Å². The van der Waals surface area contributed by atoms with Crippen LogP contribution < -0.4 is 0 Å². The molecule has 98 valence electrons. The normalized spacial score (nSPS) is 21.8. The summed E-state index contributed by atoms with van der Waals surface area (Å²) >= 11 is 0. The average molecular weight is 238 g/mol. The van der Waals surface area contributed by atoms with Crippen LogP contribution in [0.5, 0.6) is 0 Å². The molecule has 1 atom stereocenters. The summed E-state index contributed by atoms with van der Waals surface area (Å²) < 4.78 is 5.80. The van der Waals surface area contributed by atoms with E-state index in [9.17, 15) is 4.79 Å². The van der Waals surface area contributed by atoms with Gasteiger partial charge in [-0.1, -0.05) is 26.8 Å². The Morgan fingerprint density at radius 3 is 2.41 bits per heavy atom. The van der Waals surface area contributed by atoms with Gasteiger partial charge in [0.15, 0.2) is 0 Å². The van der Waals surface area contributed by atoms with E-state index in [0.717, 1.165) is 44.9 Å². The molecule has 0 aromatic heterocycles. The molecular weight excluding hydrogens is 212 g/mol. The zero-order valence-electron chi connectivity index (χ0n) is 11.6. The van der Waals surface area contributed by atoms with Gasteiger partial charge < -0.3 is 4.74 Å². The lowest BCUT2D eigenvalue weighted by Crippen LogP contribution is -2.37. The minimum absolute atomic E-state index is 0.0383. The maximum Gasteiger partial charge on any atom is 0.312 e. The van der Waals surface area contributed by atoms with E-state index in [1.807, 2.05) is 13.0 Å². The lowest BCUT2D eigenvalue weighted by atomic mass is 9.83. The van der Waals surface area contributed by atoms with Gasteiger partial charge >= 0.3 is 5.97 Å². The van der Waals surface area contributed by atoms with E-state index in [1.165, 1.54) is 0 Å². The largest absolute Gasteiger partial charge is 0.454 e. The fourth-order valence-electron chi connectivity index (χ4n) is 2.60. The van der Waals surface area contributed by atoms with Crippen molar-refractivity contribution in [2.24, 2.45) is 5.41 Å². The average Bonchev–Trinajstić information content (AvgIpc) is 2.78. The molecule has 0 aromatic rings. The fraction of sp³-hybridized carbons (Fsp3) is 0.800. The maximum atomic E-state index is 12.3. The Morgan fingerprint density at radius 1 is 1.41 bits per heavy atom. The molecule has 0 bridgehead atoms. The molecule has 0 saturated heterocycles. The highest BCUT2D eigenvalue weighted by Gasteiger charge is 2.40. The van der Waals surface area contributed by atoms with Crippen molar-refractivity contribution in [3.8, 4) is 0 Å². The first-order valence-electron chi connectivity index (χ1n) is 6.89. The number of hydrogen-bond donors (Lipinski definition) is 0. The van der Waals surface area contributed by atoms with Crippen LogP contribution in [0.15, 0.2) is 12.7 Å². The number of carbonyl (C=O) groups excluding carboxylic acids is 1. The van der Waals surface area contributed by atoms with Crippen LogP contribution in [0, 0.1) is 5.41 Å². The van der Waals surface area contributed by atoms with Gasteiger partial charge in [0.05, 0.1) is 5.41 Å². The third-order valence-electron chi connectivity index (χ3n) is 4.19. The van der Waals surface area contributed by atoms with Crippen molar-refractivity contribution in [3.63, 3.8) is 0 Å². The van der Waals surface area contributed by atoms with Crippen molar-refractivity contribution >= 4 is 5.97 Å². The van der Waals surface area contributed by atoms with Crippen molar-refractivity contribution in [1.82, 2.24) is 0 Å². The third kappa shape index (κ3) is 3.11. The number of hydrogen-bond acceptors (Lipinski definition) is 2. The van der Waals surface area contributed by atoms with E-state index in [1.54, 1.807) is 0 Å². The van der Waals surface area contributed by atoms with E-state index in [2.05, 4.69) is 20.4 Å². The summed E-state index contributed by atoms with van der Waals surface area (Å²) in [5.41, 5.74) is -0.700. The minimum Gasteiger partial charge on any atom is -0.454 e. The molecule has 1 fully saturated rings. The second-order valence-corrected chi connectivity index (χ2v) is 5.53. The van der Waals surface area contributed by atoms with Crippen molar-refractivity contribution < 1.29 is 9.53 Å². The van der Waals surface area contributed by atoms with Gasteiger partial charge in [-0.05, 0) is 51.5 Å². The summed E-state index contributed by atoms with van der Waals surface area (Å²) in [5, 5.41) is 0. The molecule has 0 aliphatic heterocycles. The van der Waals surface area contributed by atoms with Crippen LogP contribution in [0.2, 0.25) is 0 Å². The van der Waals surface area contributed by atoms with Crippen molar-refractivity contribution in [2.75, 3.05) is 0 Å². The maximum absolute atomic E-state index is 12.3. The molecule has 0 aromatic carbocycles. The van der Waals surface area contributed by atoms with Crippen LogP contribution >= 0.6 is 0 Å². The van der Waals surface area contributed by atoms with Gasteiger partial charge in [-0.25, -0.2) is 0 Å². The predicted molar refractivity (Wildman–Crippen MR) is 70.8 cm³/mol. The van der Waals surface area contributed by atoms with Crippen LogP contribution in [-0.4, -0.2) is 11.6 Å². The lowest BCUT2D eigenvalue weighted by molar-refractivity contribution is -0.167. The Labute approximate surface area is 105 Å². The van der Waals surface area contributed by atoms with E-state index in [0.29, 0.717) is 0 Å². The number of rotatable bonds is 6. The Hall–Kier alpha value is -0.790.